The Morgan fingerprint density at radius 2 is 1.83 bits per heavy atom. The largest absolute Gasteiger partial charge is 0.493 e. The highest BCUT2D eigenvalue weighted by Crippen LogP contribution is 2.30. The molecule has 0 fully saturated rings. The van der Waals surface area contributed by atoms with Crippen molar-refractivity contribution in [3.05, 3.63) is 64.7 Å². The molecule has 0 radical (unpaired) electrons. The standard InChI is InChI=1S/C18H15F3O2/c1-2-23-17-9-7-14(12-22)10-15(17)8-6-13-4-3-5-16(11-13)18(19,20)21/h3-12H,2H2,1H3/b8-6+. The number of hydrogen-bond acceptors (Lipinski definition) is 2. The van der Waals surface area contributed by atoms with Crippen molar-refractivity contribution in [1.29, 1.82) is 0 Å². The van der Waals surface area contributed by atoms with Gasteiger partial charge in [0.2, 0.25) is 0 Å². The van der Waals surface area contributed by atoms with E-state index in [4.69, 9.17) is 4.74 Å². The lowest BCUT2D eigenvalue weighted by molar-refractivity contribution is -0.137. The Morgan fingerprint density at radius 3 is 2.48 bits per heavy atom. The summed E-state index contributed by atoms with van der Waals surface area (Å²) in [4.78, 5) is 10.9. The lowest BCUT2D eigenvalue weighted by atomic mass is 10.1. The Bertz CT molecular complexity index is 718. The quantitative estimate of drug-likeness (QED) is 0.567. The molecule has 0 spiro atoms. The SMILES string of the molecule is CCOc1ccc(C=O)cc1/C=C/c1cccc(C(F)(F)F)c1. The van der Waals surface area contributed by atoms with Crippen LogP contribution in [0.5, 0.6) is 5.75 Å². The van der Waals surface area contributed by atoms with Gasteiger partial charge in [0.15, 0.2) is 0 Å². The molecule has 0 saturated heterocycles. The van der Waals surface area contributed by atoms with Crippen LogP contribution in [0.3, 0.4) is 0 Å². The Kier molecular flexibility index (Phi) is 5.21. The highest BCUT2D eigenvalue weighted by atomic mass is 19.4. The molecule has 120 valence electrons. The number of ether oxygens (including phenoxy) is 1. The van der Waals surface area contributed by atoms with Crippen LogP contribution in [0.1, 0.15) is 34.0 Å². The maximum absolute atomic E-state index is 12.7. The predicted octanol–water partition coefficient (Wildman–Crippen LogP) is 5.09. The molecule has 0 N–H and O–H groups in total. The lowest BCUT2D eigenvalue weighted by Crippen LogP contribution is -2.04. The minimum absolute atomic E-state index is 0.416. The van der Waals surface area contributed by atoms with Gasteiger partial charge in [0.1, 0.15) is 12.0 Å². The molecule has 2 rings (SSSR count). The Hall–Kier alpha value is -2.56. The van der Waals surface area contributed by atoms with Gasteiger partial charge in [-0.15, -0.1) is 0 Å². The monoisotopic (exact) mass is 320 g/mol. The van der Waals surface area contributed by atoms with Crippen molar-refractivity contribution in [2.75, 3.05) is 6.61 Å². The molecule has 2 aromatic carbocycles. The van der Waals surface area contributed by atoms with E-state index in [2.05, 4.69) is 0 Å². The van der Waals surface area contributed by atoms with E-state index >= 15 is 0 Å². The zero-order valence-corrected chi connectivity index (χ0v) is 12.4. The van der Waals surface area contributed by atoms with Crippen molar-refractivity contribution in [2.24, 2.45) is 0 Å². The molecule has 0 saturated carbocycles. The molecule has 0 aliphatic heterocycles. The molecule has 0 heterocycles. The molecule has 23 heavy (non-hydrogen) atoms. The summed E-state index contributed by atoms with van der Waals surface area (Å²) in [6, 6.07) is 9.95. The first kappa shape index (κ1) is 16.8. The molecule has 2 aromatic rings. The highest BCUT2D eigenvalue weighted by molar-refractivity contribution is 5.80. The van der Waals surface area contributed by atoms with Gasteiger partial charge >= 0.3 is 6.18 Å². The second kappa shape index (κ2) is 7.13. The number of carbonyl (C=O) groups excluding carboxylic acids is 1. The van der Waals surface area contributed by atoms with Gasteiger partial charge in [-0.3, -0.25) is 4.79 Å². The third kappa shape index (κ3) is 4.45. The van der Waals surface area contributed by atoms with Crippen LogP contribution >= 0.6 is 0 Å². The van der Waals surface area contributed by atoms with Gasteiger partial charge in [-0.25, -0.2) is 0 Å². The molecule has 2 nitrogen and oxygen atoms in total. The number of alkyl halides is 3. The normalized spacial score (nSPS) is 11.7. The van der Waals surface area contributed by atoms with Gasteiger partial charge in [-0.05, 0) is 42.8 Å². The Morgan fingerprint density at radius 1 is 1.04 bits per heavy atom. The van der Waals surface area contributed by atoms with E-state index in [-0.39, 0.29) is 0 Å². The summed E-state index contributed by atoms with van der Waals surface area (Å²) in [5.41, 5.74) is 0.816. The summed E-state index contributed by atoms with van der Waals surface area (Å²) in [7, 11) is 0. The van der Waals surface area contributed by atoms with E-state index in [1.54, 1.807) is 36.4 Å². The maximum Gasteiger partial charge on any atom is 0.416 e. The van der Waals surface area contributed by atoms with Gasteiger partial charge in [-0.1, -0.05) is 24.3 Å². The van der Waals surface area contributed by atoms with Crippen molar-refractivity contribution in [3.8, 4) is 5.75 Å². The van der Waals surface area contributed by atoms with Crippen molar-refractivity contribution < 1.29 is 22.7 Å². The zero-order valence-electron chi connectivity index (χ0n) is 12.4. The summed E-state index contributed by atoms with van der Waals surface area (Å²) in [5, 5.41) is 0. The van der Waals surface area contributed by atoms with Crippen LogP contribution in [0, 0.1) is 0 Å². The van der Waals surface area contributed by atoms with E-state index in [1.807, 2.05) is 6.92 Å². The molecule has 5 heteroatoms. The molecular formula is C18H15F3O2. The van der Waals surface area contributed by atoms with Crippen molar-refractivity contribution in [2.45, 2.75) is 13.1 Å². The summed E-state index contributed by atoms with van der Waals surface area (Å²) in [6.07, 6.45) is -0.482. The summed E-state index contributed by atoms with van der Waals surface area (Å²) >= 11 is 0. The van der Waals surface area contributed by atoms with Crippen molar-refractivity contribution >= 4 is 18.4 Å². The third-order valence-corrected chi connectivity index (χ3v) is 3.14. The number of hydrogen-bond donors (Lipinski definition) is 0. The summed E-state index contributed by atoms with van der Waals surface area (Å²) in [5.74, 6) is 0.571. The third-order valence-electron chi connectivity index (χ3n) is 3.14. The smallest absolute Gasteiger partial charge is 0.416 e. The second-order valence-electron chi connectivity index (χ2n) is 4.80. The van der Waals surface area contributed by atoms with Gasteiger partial charge in [0, 0.05) is 11.1 Å². The summed E-state index contributed by atoms with van der Waals surface area (Å²) in [6.45, 7) is 2.28. The fourth-order valence-electron chi connectivity index (χ4n) is 2.06. The van der Waals surface area contributed by atoms with Gasteiger partial charge in [0.25, 0.3) is 0 Å². The molecule has 0 amide bonds. The minimum Gasteiger partial charge on any atom is -0.493 e. The first-order valence-electron chi connectivity index (χ1n) is 7.01. The molecular weight excluding hydrogens is 305 g/mol. The second-order valence-corrected chi connectivity index (χ2v) is 4.80. The average molecular weight is 320 g/mol. The van der Waals surface area contributed by atoms with Crippen molar-refractivity contribution in [1.82, 2.24) is 0 Å². The zero-order chi connectivity index (χ0) is 16.9. The van der Waals surface area contributed by atoms with E-state index in [1.165, 1.54) is 6.07 Å². The molecule has 0 aliphatic carbocycles. The van der Waals surface area contributed by atoms with Crippen LogP contribution in [0.25, 0.3) is 12.2 Å². The fraction of sp³-hybridized carbons (Fsp3) is 0.167. The maximum atomic E-state index is 12.7. The number of aldehydes is 1. The first-order valence-corrected chi connectivity index (χ1v) is 7.01. The lowest BCUT2D eigenvalue weighted by Gasteiger charge is -2.08. The average Bonchev–Trinajstić information content (AvgIpc) is 2.53. The van der Waals surface area contributed by atoms with Crippen LogP contribution in [-0.4, -0.2) is 12.9 Å². The highest BCUT2D eigenvalue weighted by Gasteiger charge is 2.30. The van der Waals surface area contributed by atoms with E-state index in [9.17, 15) is 18.0 Å². The molecule has 0 atom stereocenters. The van der Waals surface area contributed by atoms with E-state index in [0.717, 1.165) is 12.1 Å². The topological polar surface area (TPSA) is 26.3 Å². The number of rotatable bonds is 5. The molecule has 0 unspecified atom stereocenters. The van der Waals surface area contributed by atoms with Crippen LogP contribution in [0.15, 0.2) is 42.5 Å². The number of carbonyl (C=O) groups is 1. The minimum atomic E-state index is -4.38. The predicted molar refractivity (Wildman–Crippen MR) is 83.4 cm³/mol. The van der Waals surface area contributed by atoms with Gasteiger partial charge in [0.05, 0.1) is 12.2 Å². The molecule has 0 aliphatic rings. The van der Waals surface area contributed by atoms with Gasteiger partial charge in [-0.2, -0.15) is 13.2 Å². The van der Waals surface area contributed by atoms with Crippen LogP contribution < -0.4 is 4.74 Å². The van der Waals surface area contributed by atoms with Gasteiger partial charge < -0.3 is 4.74 Å². The first-order chi connectivity index (χ1) is 10.9. The fourth-order valence-corrected chi connectivity index (χ4v) is 2.06. The van der Waals surface area contributed by atoms with Crippen LogP contribution in [-0.2, 0) is 6.18 Å². The van der Waals surface area contributed by atoms with E-state index in [0.29, 0.717) is 35.3 Å². The Labute approximate surface area is 132 Å². The van der Waals surface area contributed by atoms with Crippen molar-refractivity contribution in [3.63, 3.8) is 0 Å². The van der Waals surface area contributed by atoms with Crippen LogP contribution in [0.2, 0.25) is 0 Å². The number of halogens is 3. The number of benzene rings is 2. The Balaban J connectivity index is 2.34. The summed E-state index contributed by atoms with van der Waals surface area (Å²) < 4.78 is 43.6. The van der Waals surface area contributed by atoms with E-state index < -0.39 is 11.7 Å². The molecule has 0 bridgehead atoms. The molecule has 0 aromatic heterocycles. The van der Waals surface area contributed by atoms with Crippen LogP contribution in [0.4, 0.5) is 13.2 Å².